The second-order valence-corrected chi connectivity index (χ2v) is 6.72. The van der Waals surface area contributed by atoms with Crippen LogP contribution in [-0.2, 0) is 0 Å². The lowest BCUT2D eigenvalue weighted by Gasteiger charge is -2.34. The summed E-state index contributed by atoms with van der Waals surface area (Å²) >= 11 is 3.41. The van der Waals surface area contributed by atoms with Crippen molar-refractivity contribution in [1.82, 2.24) is 9.88 Å². The quantitative estimate of drug-likeness (QED) is 0.892. The lowest BCUT2D eigenvalue weighted by Crippen LogP contribution is -2.40. The number of aliphatic hydroxyl groups excluding tert-OH is 1. The van der Waals surface area contributed by atoms with Crippen molar-refractivity contribution in [3.8, 4) is 0 Å². The summed E-state index contributed by atoms with van der Waals surface area (Å²) in [7, 11) is 2.11. The van der Waals surface area contributed by atoms with E-state index in [1.165, 1.54) is 12.8 Å². The predicted molar refractivity (Wildman–Crippen MR) is 86.1 cm³/mol. The van der Waals surface area contributed by atoms with Crippen LogP contribution >= 0.6 is 15.9 Å². The third-order valence-electron chi connectivity index (χ3n) is 3.86. The first-order valence-corrected chi connectivity index (χ1v) is 8.07. The van der Waals surface area contributed by atoms with E-state index < -0.39 is 0 Å². The number of aromatic nitrogens is 1. The smallest absolute Gasteiger partial charge is 0.128 e. The van der Waals surface area contributed by atoms with Crippen molar-refractivity contribution in [2.24, 2.45) is 5.92 Å². The highest BCUT2D eigenvalue weighted by atomic mass is 79.9. The standard InChI is InChI=1S/C15H24BrN3O/c1-12(20)10-19-7-5-13(6-8-19)11-18(2)15-4-3-14(16)9-17-15/h3-4,9,12-13,20H,5-8,10-11H2,1-2H3. The van der Waals surface area contributed by atoms with Crippen molar-refractivity contribution in [3.63, 3.8) is 0 Å². The Hall–Kier alpha value is -0.650. The third kappa shape index (κ3) is 4.72. The van der Waals surface area contributed by atoms with Crippen molar-refractivity contribution < 1.29 is 5.11 Å². The molecule has 1 unspecified atom stereocenters. The van der Waals surface area contributed by atoms with E-state index in [9.17, 15) is 5.11 Å². The van der Waals surface area contributed by atoms with Crippen LogP contribution in [0.5, 0.6) is 0 Å². The highest BCUT2D eigenvalue weighted by Gasteiger charge is 2.21. The van der Waals surface area contributed by atoms with Crippen LogP contribution in [0, 0.1) is 5.92 Å². The van der Waals surface area contributed by atoms with Gasteiger partial charge in [0.1, 0.15) is 5.82 Å². The summed E-state index contributed by atoms with van der Waals surface area (Å²) in [5, 5.41) is 9.43. The van der Waals surface area contributed by atoms with E-state index in [1.54, 1.807) is 0 Å². The molecule has 4 nitrogen and oxygen atoms in total. The maximum Gasteiger partial charge on any atom is 0.128 e. The molecule has 0 bridgehead atoms. The molecule has 1 aliphatic rings. The van der Waals surface area contributed by atoms with Crippen LogP contribution in [0.1, 0.15) is 19.8 Å². The molecule has 20 heavy (non-hydrogen) atoms. The first-order chi connectivity index (χ1) is 9.54. The molecule has 2 heterocycles. The number of rotatable bonds is 5. The summed E-state index contributed by atoms with van der Waals surface area (Å²) in [5.41, 5.74) is 0. The van der Waals surface area contributed by atoms with E-state index in [0.717, 1.165) is 42.4 Å². The van der Waals surface area contributed by atoms with E-state index >= 15 is 0 Å². The van der Waals surface area contributed by atoms with Gasteiger partial charge in [0.05, 0.1) is 6.10 Å². The molecule has 1 aliphatic heterocycles. The number of nitrogens with zero attached hydrogens (tertiary/aromatic N) is 3. The minimum Gasteiger partial charge on any atom is -0.392 e. The summed E-state index contributed by atoms with van der Waals surface area (Å²) in [5.74, 6) is 1.75. The van der Waals surface area contributed by atoms with Crippen LogP contribution in [0.15, 0.2) is 22.8 Å². The summed E-state index contributed by atoms with van der Waals surface area (Å²) < 4.78 is 1.01. The SMILES string of the molecule is CC(O)CN1CCC(CN(C)c2ccc(Br)cn2)CC1. The van der Waals surface area contributed by atoms with Crippen molar-refractivity contribution in [2.75, 3.05) is 38.1 Å². The van der Waals surface area contributed by atoms with E-state index in [1.807, 2.05) is 25.3 Å². The topological polar surface area (TPSA) is 39.6 Å². The van der Waals surface area contributed by atoms with E-state index in [2.05, 4.69) is 37.8 Å². The van der Waals surface area contributed by atoms with Gasteiger partial charge in [-0.3, -0.25) is 0 Å². The molecule has 0 saturated carbocycles. The molecule has 1 saturated heterocycles. The number of anilines is 1. The minimum absolute atomic E-state index is 0.221. The first kappa shape index (κ1) is 15.7. The van der Waals surface area contributed by atoms with Gasteiger partial charge in [-0.2, -0.15) is 0 Å². The number of halogens is 1. The average Bonchev–Trinajstić information content (AvgIpc) is 2.41. The Morgan fingerprint density at radius 1 is 1.45 bits per heavy atom. The molecular weight excluding hydrogens is 318 g/mol. The molecule has 0 radical (unpaired) electrons. The van der Waals surface area contributed by atoms with Crippen LogP contribution in [0.4, 0.5) is 5.82 Å². The van der Waals surface area contributed by atoms with Crippen molar-refractivity contribution in [3.05, 3.63) is 22.8 Å². The van der Waals surface area contributed by atoms with Gasteiger partial charge in [0.15, 0.2) is 0 Å². The molecule has 0 aliphatic carbocycles. The molecule has 1 fully saturated rings. The van der Waals surface area contributed by atoms with Gasteiger partial charge in [-0.05, 0) is 66.8 Å². The molecule has 0 spiro atoms. The van der Waals surface area contributed by atoms with Crippen molar-refractivity contribution >= 4 is 21.7 Å². The Kier molecular flexibility index (Phi) is 5.81. The molecule has 0 aromatic carbocycles. The van der Waals surface area contributed by atoms with Crippen LogP contribution in [0.2, 0.25) is 0 Å². The number of piperidine rings is 1. The lowest BCUT2D eigenvalue weighted by atomic mass is 9.96. The highest BCUT2D eigenvalue weighted by Crippen LogP contribution is 2.21. The third-order valence-corrected chi connectivity index (χ3v) is 4.33. The fraction of sp³-hybridized carbons (Fsp3) is 0.667. The monoisotopic (exact) mass is 341 g/mol. The van der Waals surface area contributed by atoms with Crippen LogP contribution in [-0.4, -0.2) is 54.3 Å². The van der Waals surface area contributed by atoms with E-state index in [-0.39, 0.29) is 6.10 Å². The Bertz CT molecular complexity index is 402. The van der Waals surface area contributed by atoms with Gasteiger partial charge in [0.25, 0.3) is 0 Å². The number of aliphatic hydroxyl groups is 1. The second-order valence-electron chi connectivity index (χ2n) is 5.81. The molecule has 5 heteroatoms. The zero-order valence-corrected chi connectivity index (χ0v) is 13.9. The Labute approximate surface area is 129 Å². The van der Waals surface area contributed by atoms with Crippen molar-refractivity contribution in [2.45, 2.75) is 25.9 Å². The number of hydrogen-bond acceptors (Lipinski definition) is 4. The van der Waals surface area contributed by atoms with Gasteiger partial charge in [-0.25, -0.2) is 4.98 Å². The predicted octanol–water partition coefficient (Wildman–Crippen LogP) is 2.37. The zero-order valence-electron chi connectivity index (χ0n) is 12.3. The lowest BCUT2D eigenvalue weighted by molar-refractivity contribution is 0.101. The largest absolute Gasteiger partial charge is 0.392 e. The fourth-order valence-electron chi connectivity index (χ4n) is 2.80. The van der Waals surface area contributed by atoms with Gasteiger partial charge in [0.2, 0.25) is 0 Å². The normalized spacial score (nSPS) is 19.0. The Morgan fingerprint density at radius 3 is 2.70 bits per heavy atom. The zero-order chi connectivity index (χ0) is 14.5. The van der Waals surface area contributed by atoms with Gasteiger partial charge < -0.3 is 14.9 Å². The summed E-state index contributed by atoms with van der Waals surface area (Å²) in [4.78, 5) is 9.03. The van der Waals surface area contributed by atoms with E-state index in [4.69, 9.17) is 0 Å². The molecule has 2 rings (SSSR count). The van der Waals surface area contributed by atoms with Gasteiger partial charge in [-0.15, -0.1) is 0 Å². The van der Waals surface area contributed by atoms with Gasteiger partial charge >= 0.3 is 0 Å². The number of hydrogen-bond donors (Lipinski definition) is 1. The van der Waals surface area contributed by atoms with Crippen LogP contribution in [0.3, 0.4) is 0 Å². The summed E-state index contributed by atoms with van der Waals surface area (Å²) in [6.45, 7) is 5.90. The molecule has 0 amide bonds. The van der Waals surface area contributed by atoms with E-state index in [0.29, 0.717) is 0 Å². The molecule has 1 aromatic rings. The first-order valence-electron chi connectivity index (χ1n) is 7.27. The number of likely N-dealkylation sites (tertiary alicyclic amines) is 1. The van der Waals surface area contributed by atoms with Crippen molar-refractivity contribution in [1.29, 1.82) is 0 Å². The molecule has 1 aromatic heterocycles. The second kappa shape index (κ2) is 7.38. The number of pyridine rings is 1. The Balaban J connectivity index is 1.79. The average molecular weight is 342 g/mol. The molecule has 1 atom stereocenters. The molecule has 112 valence electrons. The fourth-order valence-corrected chi connectivity index (χ4v) is 3.03. The molecule has 1 N–H and O–H groups in total. The van der Waals surface area contributed by atoms with Gasteiger partial charge in [-0.1, -0.05) is 0 Å². The maximum atomic E-state index is 9.43. The number of β-amino-alcohol motifs (C(OH)–C–C–N with tert-alkyl or cyclic N) is 1. The highest BCUT2D eigenvalue weighted by molar-refractivity contribution is 9.10. The summed E-state index contributed by atoms with van der Waals surface area (Å²) in [6, 6.07) is 4.08. The van der Waals surface area contributed by atoms with Gasteiger partial charge in [0, 0.05) is 30.8 Å². The Morgan fingerprint density at radius 2 is 2.15 bits per heavy atom. The molecular formula is C15H24BrN3O. The van der Waals surface area contributed by atoms with Crippen LogP contribution < -0.4 is 4.90 Å². The summed E-state index contributed by atoms with van der Waals surface area (Å²) in [6.07, 6.45) is 4.03. The minimum atomic E-state index is -0.221. The maximum absolute atomic E-state index is 9.43. The van der Waals surface area contributed by atoms with Crippen LogP contribution in [0.25, 0.3) is 0 Å².